The average Bonchev–Trinajstić information content (AvgIpc) is 2.96. The highest BCUT2D eigenvalue weighted by Crippen LogP contribution is 2.35. The summed E-state index contributed by atoms with van der Waals surface area (Å²) in [5.41, 5.74) is 3.30. The smallest absolute Gasteiger partial charge is 0.293 e. The molecule has 1 aliphatic rings. The number of ketones is 1. The number of nitrogens with zero attached hydrogens (tertiary/aromatic N) is 1. The Bertz CT molecular complexity index is 995. The van der Waals surface area contributed by atoms with Crippen LogP contribution in [0, 0.1) is 6.92 Å². The first kappa shape index (κ1) is 20.9. The fourth-order valence-electron chi connectivity index (χ4n) is 3.14. The lowest BCUT2D eigenvalue weighted by Gasteiger charge is -2.15. The van der Waals surface area contributed by atoms with E-state index in [-0.39, 0.29) is 18.2 Å². The fourth-order valence-corrected chi connectivity index (χ4v) is 3.96. The number of carbonyl (C=O) groups excluding carboxylic acids is 3. The second kappa shape index (κ2) is 8.66. The lowest BCUT2D eigenvalue weighted by Crippen LogP contribution is -2.33. The van der Waals surface area contributed by atoms with E-state index in [1.807, 2.05) is 25.1 Å². The molecule has 0 N–H and O–H groups in total. The molecule has 1 heterocycles. The minimum Gasteiger partial charge on any atom is -0.496 e. The van der Waals surface area contributed by atoms with Gasteiger partial charge >= 0.3 is 0 Å². The van der Waals surface area contributed by atoms with Crippen LogP contribution in [-0.4, -0.2) is 35.5 Å². The van der Waals surface area contributed by atoms with Gasteiger partial charge in [-0.25, -0.2) is 0 Å². The molecule has 0 aliphatic carbocycles. The van der Waals surface area contributed by atoms with Crippen molar-refractivity contribution in [1.82, 2.24) is 4.90 Å². The predicted molar refractivity (Wildman–Crippen MR) is 115 cm³/mol. The highest BCUT2D eigenvalue weighted by atomic mass is 32.2. The third-order valence-corrected chi connectivity index (χ3v) is 5.71. The number of hydrogen-bond acceptors (Lipinski definition) is 5. The van der Waals surface area contributed by atoms with Gasteiger partial charge in [0.05, 0.1) is 18.6 Å². The Morgan fingerprint density at radius 2 is 1.86 bits per heavy atom. The molecule has 0 bridgehead atoms. The zero-order chi connectivity index (χ0) is 21.1. The lowest BCUT2D eigenvalue weighted by molar-refractivity contribution is -0.122. The molecular weight excluding hydrogens is 386 g/mol. The van der Waals surface area contributed by atoms with Gasteiger partial charge in [-0.15, -0.1) is 0 Å². The summed E-state index contributed by atoms with van der Waals surface area (Å²) in [6, 6.07) is 12.6. The molecule has 0 unspecified atom stereocenters. The summed E-state index contributed by atoms with van der Waals surface area (Å²) in [5.74, 6) is 0.343. The van der Waals surface area contributed by atoms with Crippen molar-refractivity contribution in [3.63, 3.8) is 0 Å². The molecule has 0 radical (unpaired) electrons. The number of imide groups is 1. The maximum Gasteiger partial charge on any atom is 0.293 e. The summed E-state index contributed by atoms with van der Waals surface area (Å²) in [5, 5.41) is -0.430. The van der Waals surface area contributed by atoms with Gasteiger partial charge in [-0.05, 0) is 59.5 Å². The zero-order valence-electron chi connectivity index (χ0n) is 16.9. The molecular formula is C23H23NO4S. The van der Waals surface area contributed by atoms with Crippen LogP contribution in [0.15, 0.2) is 47.4 Å². The molecule has 2 aromatic rings. The SMILES string of the molecule is COc1cc(C)c(/C=C2/SC(=O)N(CC(=O)c3ccccc3)C2=O)cc1C(C)C. The molecule has 150 valence electrons. The number of ether oxygens (including phenoxy) is 1. The van der Waals surface area contributed by atoms with Gasteiger partial charge in [0.15, 0.2) is 5.78 Å². The van der Waals surface area contributed by atoms with Crippen LogP contribution >= 0.6 is 11.8 Å². The van der Waals surface area contributed by atoms with Crippen LogP contribution in [0.4, 0.5) is 4.79 Å². The monoisotopic (exact) mass is 409 g/mol. The molecule has 3 rings (SSSR count). The van der Waals surface area contributed by atoms with Gasteiger partial charge in [-0.1, -0.05) is 44.2 Å². The molecule has 1 saturated heterocycles. The van der Waals surface area contributed by atoms with E-state index in [1.165, 1.54) is 0 Å². The Morgan fingerprint density at radius 1 is 1.17 bits per heavy atom. The van der Waals surface area contributed by atoms with E-state index in [1.54, 1.807) is 37.5 Å². The molecule has 2 aromatic carbocycles. The standard InChI is InChI=1S/C23H23NO4S/c1-14(2)18-11-17(15(3)10-20(18)28-4)12-21-22(26)24(23(27)29-21)13-19(25)16-8-6-5-7-9-16/h5-12,14H,13H2,1-4H3/b21-12+. The number of methoxy groups -OCH3 is 1. The molecule has 1 fully saturated rings. The molecule has 1 aliphatic heterocycles. The summed E-state index contributed by atoms with van der Waals surface area (Å²) in [6.45, 7) is 5.81. The number of amides is 2. The molecule has 0 saturated carbocycles. The number of aryl methyl sites for hydroxylation is 1. The minimum atomic E-state index is -0.439. The van der Waals surface area contributed by atoms with E-state index in [2.05, 4.69) is 13.8 Å². The van der Waals surface area contributed by atoms with Crippen molar-refractivity contribution in [2.75, 3.05) is 13.7 Å². The van der Waals surface area contributed by atoms with Crippen LogP contribution in [0.3, 0.4) is 0 Å². The maximum absolute atomic E-state index is 12.8. The van der Waals surface area contributed by atoms with Crippen molar-refractivity contribution < 1.29 is 19.1 Å². The van der Waals surface area contributed by atoms with Crippen molar-refractivity contribution in [2.45, 2.75) is 26.7 Å². The summed E-state index contributed by atoms with van der Waals surface area (Å²) < 4.78 is 5.46. The number of benzene rings is 2. The van der Waals surface area contributed by atoms with Crippen LogP contribution in [0.25, 0.3) is 6.08 Å². The Labute approximate surface area is 174 Å². The summed E-state index contributed by atoms with van der Waals surface area (Å²) in [4.78, 5) is 38.9. The second-order valence-electron chi connectivity index (χ2n) is 7.16. The van der Waals surface area contributed by atoms with Crippen LogP contribution in [0.2, 0.25) is 0 Å². The van der Waals surface area contributed by atoms with Gasteiger partial charge < -0.3 is 4.74 Å². The van der Waals surface area contributed by atoms with Crippen molar-refractivity contribution in [1.29, 1.82) is 0 Å². The van der Waals surface area contributed by atoms with E-state index in [4.69, 9.17) is 4.74 Å². The molecule has 0 atom stereocenters. The van der Waals surface area contributed by atoms with Crippen molar-refractivity contribution in [3.05, 3.63) is 69.6 Å². The van der Waals surface area contributed by atoms with E-state index in [0.29, 0.717) is 10.5 Å². The molecule has 29 heavy (non-hydrogen) atoms. The first-order valence-electron chi connectivity index (χ1n) is 9.34. The van der Waals surface area contributed by atoms with Gasteiger partial charge in [-0.2, -0.15) is 0 Å². The van der Waals surface area contributed by atoms with Gasteiger partial charge in [0.2, 0.25) is 0 Å². The van der Waals surface area contributed by atoms with Crippen LogP contribution in [0.1, 0.15) is 46.8 Å². The van der Waals surface area contributed by atoms with E-state index >= 15 is 0 Å². The van der Waals surface area contributed by atoms with E-state index < -0.39 is 11.1 Å². The third-order valence-electron chi connectivity index (χ3n) is 4.80. The fraction of sp³-hybridized carbons (Fsp3) is 0.261. The Balaban J connectivity index is 1.87. The van der Waals surface area contributed by atoms with Gasteiger partial charge in [0.25, 0.3) is 11.1 Å². The van der Waals surface area contributed by atoms with Gasteiger partial charge in [0, 0.05) is 5.56 Å². The molecule has 2 amide bonds. The number of hydrogen-bond donors (Lipinski definition) is 0. The Morgan fingerprint density at radius 3 is 2.48 bits per heavy atom. The zero-order valence-corrected chi connectivity index (χ0v) is 17.7. The Kier molecular flexibility index (Phi) is 6.23. The summed E-state index contributed by atoms with van der Waals surface area (Å²) >= 11 is 0.862. The first-order chi connectivity index (χ1) is 13.8. The molecule has 6 heteroatoms. The first-order valence-corrected chi connectivity index (χ1v) is 10.2. The lowest BCUT2D eigenvalue weighted by atomic mass is 9.96. The quantitative estimate of drug-likeness (QED) is 0.494. The third kappa shape index (κ3) is 4.43. The molecule has 0 spiro atoms. The number of thioether (sulfide) groups is 1. The summed E-state index contributed by atoms with van der Waals surface area (Å²) in [7, 11) is 1.63. The Hall–Kier alpha value is -2.86. The van der Waals surface area contributed by atoms with Crippen LogP contribution in [-0.2, 0) is 4.79 Å². The second-order valence-corrected chi connectivity index (χ2v) is 8.16. The topological polar surface area (TPSA) is 63.7 Å². The largest absolute Gasteiger partial charge is 0.496 e. The number of rotatable bonds is 6. The van der Waals surface area contributed by atoms with Crippen LogP contribution in [0.5, 0.6) is 5.75 Å². The maximum atomic E-state index is 12.8. The predicted octanol–water partition coefficient (Wildman–Crippen LogP) is 5.05. The van der Waals surface area contributed by atoms with E-state index in [0.717, 1.165) is 39.1 Å². The summed E-state index contributed by atoms with van der Waals surface area (Å²) in [6.07, 6.45) is 1.72. The normalized spacial score (nSPS) is 15.5. The number of carbonyl (C=O) groups is 3. The number of Topliss-reactive ketones (excluding diaryl/α,β-unsaturated/α-hetero) is 1. The molecule has 5 nitrogen and oxygen atoms in total. The van der Waals surface area contributed by atoms with Gasteiger partial charge in [-0.3, -0.25) is 19.3 Å². The van der Waals surface area contributed by atoms with Gasteiger partial charge in [0.1, 0.15) is 5.75 Å². The van der Waals surface area contributed by atoms with Crippen LogP contribution < -0.4 is 4.74 Å². The molecule has 0 aromatic heterocycles. The average molecular weight is 410 g/mol. The van der Waals surface area contributed by atoms with Crippen molar-refractivity contribution in [3.8, 4) is 5.75 Å². The van der Waals surface area contributed by atoms with Crippen molar-refractivity contribution >= 4 is 34.8 Å². The highest BCUT2D eigenvalue weighted by molar-refractivity contribution is 8.18. The highest BCUT2D eigenvalue weighted by Gasteiger charge is 2.36. The van der Waals surface area contributed by atoms with Crippen molar-refractivity contribution in [2.24, 2.45) is 0 Å². The minimum absolute atomic E-state index is 0.247. The van der Waals surface area contributed by atoms with E-state index in [9.17, 15) is 14.4 Å².